The number of carbonyl (C=O) groups is 1. The van der Waals surface area contributed by atoms with Crippen molar-refractivity contribution in [3.8, 4) is 0 Å². The first-order valence-electron chi connectivity index (χ1n) is 5.38. The van der Waals surface area contributed by atoms with Gasteiger partial charge in [0.05, 0.1) is 5.56 Å². The number of fused-ring (bicyclic) bond motifs is 1. The Hall–Kier alpha value is -2.13. The third-order valence-corrected chi connectivity index (χ3v) is 2.91. The molecular formula is C14H8ClNO2. The van der Waals surface area contributed by atoms with E-state index in [9.17, 15) is 4.79 Å². The smallest absolute Gasteiger partial charge is 0.230 e. The van der Waals surface area contributed by atoms with Gasteiger partial charge in [-0.25, -0.2) is 0 Å². The van der Waals surface area contributed by atoms with Gasteiger partial charge in [-0.2, -0.15) is 0 Å². The third kappa shape index (κ3) is 1.79. The van der Waals surface area contributed by atoms with E-state index >= 15 is 0 Å². The van der Waals surface area contributed by atoms with Crippen molar-refractivity contribution in [3.05, 3.63) is 65.3 Å². The highest BCUT2D eigenvalue weighted by atomic mass is 35.5. The number of pyridine rings is 1. The monoisotopic (exact) mass is 257 g/mol. The molecule has 0 spiro atoms. The fourth-order valence-electron chi connectivity index (χ4n) is 1.87. The van der Waals surface area contributed by atoms with Crippen LogP contribution in [0.5, 0.6) is 0 Å². The van der Waals surface area contributed by atoms with Gasteiger partial charge in [0.25, 0.3) is 0 Å². The summed E-state index contributed by atoms with van der Waals surface area (Å²) in [4.78, 5) is 16.4. The molecule has 0 radical (unpaired) electrons. The van der Waals surface area contributed by atoms with Crippen LogP contribution in [-0.2, 0) is 0 Å². The molecule has 3 rings (SSSR count). The molecule has 3 aromatic rings. The van der Waals surface area contributed by atoms with Crippen molar-refractivity contribution >= 4 is 28.2 Å². The van der Waals surface area contributed by atoms with Crippen molar-refractivity contribution in [2.75, 3.05) is 0 Å². The predicted octanol–water partition coefficient (Wildman–Crippen LogP) is 3.71. The maximum atomic E-state index is 12.3. The Morgan fingerprint density at radius 1 is 1.11 bits per heavy atom. The Balaban J connectivity index is 2.17. The number of nitrogens with zero attached hydrogens (tertiary/aromatic N) is 1. The van der Waals surface area contributed by atoms with Crippen LogP contribution in [0.3, 0.4) is 0 Å². The molecule has 0 saturated heterocycles. The van der Waals surface area contributed by atoms with Crippen molar-refractivity contribution < 1.29 is 9.21 Å². The molecule has 88 valence electrons. The minimum atomic E-state index is -0.216. The number of aromatic nitrogens is 1. The number of carbonyl (C=O) groups excluding carboxylic acids is 1. The van der Waals surface area contributed by atoms with E-state index in [1.807, 2.05) is 24.3 Å². The van der Waals surface area contributed by atoms with E-state index in [4.69, 9.17) is 16.0 Å². The second kappa shape index (κ2) is 4.27. The van der Waals surface area contributed by atoms with Crippen LogP contribution < -0.4 is 0 Å². The Morgan fingerprint density at radius 3 is 2.72 bits per heavy atom. The van der Waals surface area contributed by atoms with Gasteiger partial charge in [-0.15, -0.1) is 0 Å². The zero-order valence-electron chi connectivity index (χ0n) is 9.26. The van der Waals surface area contributed by atoms with E-state index < -0.39 is 0 Å². The van der Waals surface area contributed by atoms with Crippen LogP contribution in [0.1, 0.15) is 16.1 Å². The van der Waals surface area contributed by atoms with Gasteiger partial charge in [-0.05, 0) is 29.1 Å². The van der Waals surface area contributed by atoms with Crippen LogP contribution in [0.2, 0.25) is 5.22 Å². The molecule has 2 aromatic heterocycles. The summed E-state index contributed by atoms with van der Waals surface area (Å²) in [5.41, 5.74) is 0.513. The first-order valence-corrected chi connectivity index (χ1v) is 5.76. The van der Waals surface area contributed by atoms with E-state index in [-0.39, 0.29) is 16.8 Å². The van der Waals surface area contributed by atoms with Gasteiger partial charge in [0, 0.05) is 17.8 Å². The topological polar surface area (TPSA) is 43.1 Å². The molecule has 0 amide bonds. The van der Waals surface area contributed by atoms with Gasteiger partial charge in [-0.3, -0.25) is 9.78 Å². The molecule has 0 unspecified atom stereocenters. The summed E-state index contributed by atoms with van der Waals surface area (Å²) in [6.07, 6.45) is 3.27. The lowest BCUT2D eigenvalue weighted by Gasteiger charge is -2.02. The second-order valence-electron chi connectivity index (χ2n) is 3.84. The molecule has 3 nitrogen and oxygen atoms in total. The standard InChI is InChI=1S/C14H8ClNO2/c15-13-6-5-12(18-13)14(17)11-8-16-7-9-3-1-2-4-10(9)11/h1-8H. The Morgan fingerprint density at radius 2 is 1.94 bits per heavy atom. The van der Waals surface area contributed by atoms with Gasteiger partial charge < -0.3 is 4.42 Å². The normalized spacial score (nSPS) is 10.7. The van der Waals surface area contributed by atoms with E-state index in [0.717, 1.165) is 10.8 Å². The quantitative estimate of drug-likeness (QED) is 0.657. The Kier molecular flexibility index (Phi) is 2.61. The molecule has 0 N–H and O–H groups in total. The van der Waals surface area contributed by atoms with Gasteiger partial charge >= 0.3 is 0 Å². The molecule has 0 aliphatic rings. The molecule has 0 bridgehead atoms. The highest BCUT2D eigenvalue weighted by Gasteiger charge is 2.16. The minimum absolute atomic E-state index is 0.201. The molecule has 0 atom stereocenters. The molecular weight excluding hydrogens is 250 g/mol. The Bertz CT molecular complexity index is 728. The zero-order chi connectivity index (χ0) is 12.5. The SMILES string of the molecule is O=C(c1ccc(Cl)o1)c1cncc2ccccc12. The molecule has 1 aromatic carbocycles. The van der Waals surface area contributed by atoms with E-state index in [1.54, 1.807) is 24.5 Å². The number of halogens is 1. The number of hydrogen-bond donors (Lipinski definition) is 0. The summed E-state index contributed by atoms with van der Waals surface area (Å²) < 4.78 is 5.14. The number of ketones is 1. The molecule has 0 aliphatic heterocycles. The molecule has 0 fully saturated rings. The van der Waals surface area contributed by atoms with E-state index in [0.29, 0.717) is 5.56 Å². The largest absolute Gasteiger partial charge is 0.441 e. The van der Waals surface area contributed by atoms with Crippen molar-refractivity contribution in [2.24, 2.45) is 0 Å². The fraction of sp³-hybridized carbons (Fsp3) is 0. The summed E-state index contributed by atoms with van der Waals surface area (Å²) in [6.45, 7) is 0. The summed E-state index contributed by atoms with van der Waals surface area (Å²) >= 11 is 5.68. The lowest BCUT2D eigenvalue weighted by molar-refractivity contribution is 0.101. The van der Waals surface area contributed by atoms with Gasteiger partial charge in [-0.1, -0.05) is 24.3 Å². The maximum Gasteiger partial charge on any atom is 0.230 e. The molecule has 0 aliphatic carbocycles. The third-order valence-electron chi connectivity index (χ3n) is 2.71. The first-order chi connectivity index (χ1) is 8.75. The van der Waals surface area contributed by atoms with Crippen LogP contribution in [0.25, 0.3) is 10.8 Å². The van der Waals surface area contributed by atoms with Crippen LogP contribution >= 0.6 is 11.6 Å². The first kappa shape index (κ1) is 11.0. The highest BCUT2D eigenvalue weighted by Crippen LogP contribution is 2.22. The Labute approximate surface area is 108 Å². The maximum absolute atomic E-state index is 12.3. The van der Waals surface area contributed by atoms with Crippen LogP contribution in [0.4, 0.5) is 0 Å². The average Bonchev–Trinajstić information content (AvgIpc) is 2.84. The summed E-state index contributed by atoms with van der Waals surface area (Å²) in [6, 6.07) is 10.7. The van der Waals surface area contributed by atoms with Crippen LogP contribution in [-0.4, -0.2) is 10.8 Å². The second-order valence-corrected chi connectivity index (χ2v) is 4.21. The fourth-order valence-corrected chi connectivity index (χ4v) is 2.01. The number of furan rings is 1. The lowest BCUT2D eigenvalue weighted by Crippen LogP contribution is -2.01. The van der Waals surface area contributed by atoms with Crippen molar-refractivity contribution in [3.63, 3.8) is 0 Å². The van der Waals surface area contributed by atoms with Gasteiger partial charge in [0.15, 0.2) is 11.0 Å². The van der Waals surface area contributed by atoms with E-state index in [1.165, 1.54) is 0 Å². The molecule has 4 heteroatoms. The number of hydrogen-bond acceptors (Lipinski definition) is 3. The predicted molar refractivity (Wildman–Crippen MR) is 68.9 cm³/mol. The summed E-state index contributed by atoms with van der Waals surface area (Å²) in [5.74, 6) is 0.00403. The number of rotatable bonds is 2. The summed E-state index contributed by atoms with van der Waals surface area (Å²) in [7, 11) is 0. The zero-order valence-corrected chi connectivity index (χ0v) is 10.0. The van der Waals surface area contributed by atoms with Crippen LogP contribution in [0, 0.1) is 0 Å². The minimum Gasteiger partial charge on any atom is -0.441 e. The van der Waals surface area contributed by atoms with Gasteiger partial charge in [0.2, 0.25) is 5.78 Å². The molecule has 0 saturated carbocycles. The lowest BCUT2D eigenvalue weighted by atomic mass is 10.0. The van der Waals surface area contributed by atoms with Crippen molar-refractivity contribution in [1.82, 2.24) is 4.98 Å². The van der Waals surface area contributed by atoms with Crippen molar-refractivity contribution in [1.29, 1.82) is 0 Å². The average molecular weight is 258 g/mol. The van der Waals surface area contributed by atoms with E-state index in [2.05, 4.69) is 4.98 Å². The van der Waals surface area contributed by atoms with Gasteiger partial charge in [0.1, 0.15) is 0 Å². The van der Waals surface area contributed by atoms with Crippen molar-refractivity contribution in [2.45, 2.75) is 0 Å². The number of benzene rings is 1. The molecule has 2 heterocycles. The highest BCUT2D eigenvalue weighted by molar-refractivity contribution is 6.29. The molecule has 18 heavy (non-hydrogen) atoms. The van der Waals surface area contributed by atoms with Crippen LogP contribution in [0.15, 0.2) is 53.2 Å². The summed E-state index contributed by atoms with van der Waals surface area (Å²) in [5, 5.41) is 1.97.